The number of nitrogens with zero attached hydrogens (tertiary/aromatic N) is 1. The van der Waals surface area contributed by atoms with E-state index in [0.717, 1.165) is 11.0 Å². The van der Waals surface area contributed by atoms with Crippen molar-refractivity contribution in [3.8, 4) is 11.8 Å². The van der Waals surface area contributed by atoms with E-state index in [9.17, 15) is 5.11 Å². The predicted molar refractivity (Wildman–Crippen MR) is 85.9 cm³/mol. The fourth-order valence-electron chi connectivity index (χ4n) is 2.16. The molecule has 5 nitrogen and oxygen atoms in total. The normalized spacial score (nSPS) is 20.0. The van der Waals surface area contributed by atoms with Crippen molar-refractivity contribution in [2.75, 3.05) is 6.54 Å². The molecular formula is C16H21BN2O3. The first kappa shape index (κ1) is 16.6. The summed E-state index contributed by atoms with van der Waals surface area (Å²) < 4.78 is 12.0. The minimum Gasteiger partial charge on any atom is -0.507 e. The molecule has 1 heterocycles. The Hall–Kier alpha value is -1.81. The Balaban J connectivity index is 2.30. The van der Waals surface area contributed by atoms with Gasteiger partial charge in [-0.3, -0.25) is 0 Å². The average Bonchev–Trinajstić information content (AvgIpc) is 2.65. The van der Waals surface area contributed by atoms with Crippen molar-refractivity contribution in [3.63, 3.8) is 0 Å². The van der Waals surface area contributed by atoms with E-state index in [-0.39, 0.29) is 17.9 Å². The molecule has 0 radical (unpaired) electrons. The lowest BCUT2D eigenvalue weighted by atomic mass is 9.77. The maximum Gasteiger partial charge on any atom is 0.491 e. The molecule has 22 heavy (non-hydrogen) atoms. The van der Waals surface area contributed by atoms with Crippen molar-refractivity contribution >= 4 is 13.2 Å². The van der Waals surface area contributed by atoms with Crippen LogP contribution in [0.15, 0.2) is 23.7 Å². The minimum atomic E-state index is -0.521. The zero-order chi connectivity index (χ0) is 16.5. The Kier molecular flexibility index (Phi) is 4.34. The average molecular weight is 300 g/mol. The third kappa shape index (κ3) is 3.02. The van der Waals surface area contributed by atoms with Gasteiger partial charge in [-0.1, -0.05) is 12.1 Å². The molecule has 1 aromatic carbocycles. The Bertz CT molecular complexity index is 631. The van der Waals surface area contributed by atoms with Crippen LogP contribution >= 0.6 is 0 Å². The molecule has 6 heteroatoms. The zero-order valence-corrected chi connectivity index (χ0v) is 13.4. The molecule has 1 fully saturated rings. The summed E-state index contributed by atoms with van der Waals surface area (Å²) in [7, 11) is -0.521. The van der Waals surface area contributed by atoms with E-state index in [0.29, 0.717) is 0 Å². The molecule has 1 aliphatic rings. The fraction of sp³-hybridized carbons (Fsp3) is 0.438. The van der Waals surface area contributed by atoms with Gasteiger partial charge in [0.2, 0.25) is 0 Å². The molecule has 0 aromatic heterocycles. The fourth-order valence-corrected chi connectivity index (χ4v) is 2.16. The molecule has 0 spiro atoms. The predicted octanol–water partition coefficient (Wildman–Crippen LogP) is 2.24. The van der Waals surface area contributed by atoms with E-state index in [4.69, 9.17) is 20.3 Å². The molecule has 1 aliphatic heterocycles. The van der Waals surface area contributed by atoms with Gasteiger partial charge in [-0.25, -0.2) is 0 Å². The summed E-state index contributed by atoms with van der Waals surface area (Å²) in [6.07, 6.45) is 1.82. The van der Waals surface area contributed by atoms with Gasteiger partial charge >= 0.3 is 7.12 Å². The van der Waals surface area contributed by atoms with E-state index in [2.05, 4.69) is 0 Å². The second kappa shape index (κ2) is 5.77. The summed E-state index contributed by atoms with van der Waals surface area (Å²) in [6, 6.07) is 6.77. The summed E-state index contributed by atoms with van der Waals surface area (Å²) in [5, 5.41) is 18.6. The molecule has 116 valence electrons. The first-order valence-corrected chi connectivity index (χ1v) is 7.19. The van der Waals surface area contributed by atoms with Gasteiger partial charge in [-0.15, -0.1) is 0 Å². The molecule has 3 N–H and O–H groups in total. The topological polar surface area (TPSA) is 88.5 Å². The smallest absolute Gasteiger partial charge is 0.491 e. The maximum atomic E-state index is 9.76. The van der Waals surface area contributed by atoms with Crippen LogP contribution in [0.3, 0.4) is 0 Å². The van der Waals surface area contributed by atoms with Crippen LogP contribution in [-0.4, -0.2) is 30.0 Å². The van der Waals surface area contributed by atoms with Gasteiger partial charge in [-0.2, -0.15) is 5.26 Å². The molecule has 1 aromatic rings. The van der Waals surface area contributed by atoms with Gasteiger partial charge in [0.1, 0.15) is 11.8 Å². The zero-order valence-electron chi connectivity index (χ0n) is 13.4. The van der Waals surface area contributed by atoms with Gasteiger partial charge in [0.05, 0.1) is 16.8 Å². The van der Waals surface area contributed by atoms with E-state index in [1.54, 1.807) is 12.1 Å². The Morgan fingerprint density at radius 1 is 1.32 bits per heavy atom. The third-order valence-corrected chi connectivity index (χ3v) is 4.29. The lowest BCUT2D eigenvalue weighted by Gasteiger charge is -2.32. The molecule has 0 atom stereocenters. The molecule has 0 aliphatic carbocycles. The molecule has 2 rings (SSSR count). The van der Waals surface area contributed by atoms with Crippen molar-refractivity contribution in [1.29, 1.82) is 5.26 Å². The standard InChI is InChI=1S/C16H21BN2O3/c1-15(2)16(3,4)22-17(21-15)13(10-19)7-11-5-6-12(9-18)14(20)8-11/h5-8,20H,10,19H2,1-4H3. The van der Waals surface area contributed by atoms with Crippen LogP contribution in [0, 0.1) is 11.3 Å². The summed E-state index contributed by atoms with van der Waals surface area (Å²) in [5.41, 5.74) is 6.73. The van der Waals surface area contributed by atoms with Crippen LogP contribution in [0.2, 0.25) is 0 Å². The summed E-state index contributed by atoms with van der Waals surface area (Å²) in [5.74, 6) is -0.0541. The highest BCUT2D eigenvalue weighted by molar-refractivity contribution is 6.55. The second-order valence-electron chi connectivity index (χ2n) is 6.40. The minimum absolute atomic E-state index is 0.0541. The van der Waals surface area contributed by atoms with Crippen LogP contribution in [0.5, 0.6) is 5.75 Å². The van der Waals surface area contributed by atoms with E-state index < -0.39 is 18.3 Å². The lowest BCUT2D eigenvalue weighted by molar-refractivity contribution is 0.00578. The summed E-state index contributed by atoms with van der Waals surface area (Å²) >= 11 is 0. The highest BCUT2D eigenvalue weighted by Gasteiger charge is 2.52. The lowest BCUT2D eigenvalue weighted by Crippen LogP contribution is -2.41. The highest BCUT2D eigenvalue weighted by Crippen LogP contribution is 2.38. The van der Waals surface area contributed by atoms with Crippen molar-refractivity contribution in [2.24, 2.45) is 5.73 Å². The first-order valence-electron chi connectivity index (χ1n) is 7.19. The van der Waals surface area contributed by atoms with Gasteiger partial charge in [0, 0.05) is 6.54 Å². The third-order valence-electron chi connectivity index (χ3n) is 4.29. The Morgan fingerprint density at radius 2 is 1.91 bits per heavy atom. The molecule has 0 unspecified atom stereocenters. The number of hydrogen-bond donors (Lipinski definition) is 2. The van der Waals surface area contributed by atoms with Crippen molar-refractivity contribution in [3.05, 3.63) is 34.8 Å². The second-order valence-corrected chi connectivity index (χ2v) is 6.40. The number of phenols is 1. The molecule has 0 bridgehead atoms. The SMILES string of the molecule is CC1(C)OB(C(=Cc2ccc(C#N)c(O)c2)CN)OC1(C)C. The maximum absolute atomic E-state index is 9.76. The summed E-state index contributed by atoms with van der Waals surface area (Å²) in [6.45, 7) is 8.20. The molecular weight excluding hydrogens is 279 g/mol. The van der Waals surface area contributed by atoms with Gasteiger partial charge in [0.15, 0.2) is 0 Å². The number of rotatable bonds is 3. The number of nitriles is 1. The number of hydrogen-bond acceptors (Lipinski definition) is 5. The Labute approximate surface area is 131 Å². The van der Waals surface area contributed by atoms with Crippen LogP contribution < -0.4 is 5.73 Å². The van der Waals surface area contributed by atoms with Crippen molar-refractivity contribution in [2.45, 2.75) is 38.9 Å². The van der Waals surface area contributed by atoms with E-state index >= 15 is 0 Å². The van der Waals surface area contributed by atoms with Crippen LogP contribution in [0.25, 0.3) is 6.08 Å². The summed E-state index contributed by atoms with van der Waals surface area (Å²) in [4.78, 5) is 0. The van der Waals surface area contributed by atoms with Crippen LogP contribution in [-0.2, 0) is 9.31 Å². The largest absolute Gasteiger partial charge is 0.507 e. The van der Waals surface area contributed by atoms with Crippen LogP contribution in [0.4, 0.5) is 0 Å². The Morgan fingerprint density at radius 3 is 2.36 bits per heavy atom. The number of nitrogens with two attached hydrogens (primary N) is 1. The number of phenolic OH excluding ortho intramolecular Hbond substituents is 1. The number of benzene rings is 1. The quantitative estimate of drug-likeness (QED) is 0.836. The van der Waals surface area contributed by atoms with Crippen LogP contribution in [0.1, 0.15) is 38.8 Å². The monoisotopic (exact) mass is 300 g/mol. The first-order chi connectivity index (χ1) is 10.2. The van der Waals surface area contributed by atoms with E-state index in [1.165, 1.54) is 6.07 Å². The molecule has 0 amide bonds. The molecule has 0 saturated carbocycles. The van der Waals surface area contributed by atoms with E-state index in [1.807, 2.05) is 39.8 Å². The van der Waals surface area contributed by atoms with Gasteiger partial charge < -0.3 is 20.1 Å². The molecule has 1 saturated heterocycles. The van der Waals surface area contributed by atoms with Gasteiger partial charge in [-0.05, 0) is 50.9 Å². The van der Waals surface area contributed by atoms with Crippen molar-refractivity contribution in [1.82, 2.24) is 0 Å². The van der Waals surface area contributed by atoms with Gasteiger partial charge in [0.25, 0.3) is 0 Å². The highest BCUT2D eigenvalue weighted by atomic mass is 16.7. The van der Waals surface area contributed by atoms with Crippen molar-refractivity contribution < 1.29 is 14.4 Å². The number of aromatic hydroxyl groups is 1.